The van der Waals surface area contributed by atoms with Gasteiger partial charge in [-0.3, -0.25) is 4.79 Å². The molecule has 1 aliphatic rings. The van der Waals surface area contributed by atoms with Crippen LogP contribution in [0.5, 0.6) is 0 Å². The summed E-state index contributed by atoms with van der Waals surface area (Å²) in [6.45, 7) is 4.54. The lowest BCUT2D eigenvalue weighted by Crippen LogP contribution is -2.36. The van der Waals surface area contributed by atoms with Crippen LogP contribution in [0.1, 0.15) is 54.7 Å². The van der Waals surface area contributed by atoms with Crippen molar-refractivity contribution in [3.05, 3.63) is 89.0 Å². The molecule has 0 radical (unpaired) electrons. The second kappa shape index (κ2) is 10.4. The molecule has 8 heteroatoms. The molecular weight excluding hydrogens is 438 g/mol. The van der Waals surface area contributed by atoms with Gasteiger partial charge in [-0.15, -0.1) is 0 Å². The highest BCUT2D eigenvalue weighted by molar-refractivity contribution is 5.80. The summed E-state index contributed by atoms with van der Waals surface area (Å²) in [4.78, 5) is 20.7. The summed E-state index contributed by atoms with van der Waals surface area (Å²) in [7, 11) is 0. The molecule has 1 saturated carbocycles. The Hall–Kier alpha value is -3.10. The number of rotatable bonds is 8. The maximum absolute atomic E-state index is 14.2. The highest BCUT2D eigenvalue weighted by Crippen LogP contribution is 2.39. The molecule has 4 atom stereocenters. The zero-order valence-corrected chi connectivity index (χ0v) is 19.3. The third-order valence-corrected chi connectivity index (χ3v) is 6.46. The number of halogens is 2. The van der Waals surface area contributed by atoms with Crippen molar-refractivity contribution in [2.45, 2.75) is 57.3 Å². The number of hydrogen-bond acceptors (Lipinski definition) is 4. The van der Waals surface area contributed by atoms with E-state index in [0.29, 0.717) is 18.5 Å². The number of benzene rings is 2. The molecule has 1 aliphatic carbocycles. The molecule has 4 rings (SSSR count). The van der Waals surface area contributed by atoms with E-state index in [0.717, 1.165) is 23.1 Å². The molecule has 3 aromatic rings. The molecule has 6 nitrogen and oxygen atoms in total. The average Bonchev–Trinajstić information content (AvgIpc) is 3.42. The van der Waals surface area contributed by atoms with Crippen LogP contribution in [0.2, 0.25) is 0 Å². The Balaban J connectivity index is 1.51. The summed E-state index contributed by atoms with van der Waals surface area (Å²) in [5.41, 5.74) is 2.02. The monoisotopic (exact) mass is 468 g/mol. The lowest BCUT2D eigenvalue weighted by Gasteiger charge is -2.23. The van der Waals surface area contributed by atoms with E-state index >= 15 is 0 Å². The van der Waals surface area contributed by atoms with Crippen LogP contribution in [-0.4, -0.2) is 33.1 Å². The van der Waals surface area contributed by atoms with Crippen molar-refractivity contribution in [1.29, 1.82) is 0 Å². The molecule has 4 N–H and O–H groups in total. The molecule has 1 heterocycles. The maximum Gasteiger partial charge on any atom is 0.226 e. The normalized spacial score (nSPS) is 22.3. The summed E-state index contributed by atoms with van der Waals surface area (Å²) in [5.74, 6) is -1.61. The minimum atomic E-state index is -0.952. The first-order valence-corrected chi connectivity index (χ1v) is 11.5. The first-order valence-electron chi connectivity index (χ1n) is 11.5. The Kier molecular flexibility index (Phi) is 7.38. The average molecular weight is 469 g/mol. The van der Waals surface area contributed by atoms with E-state index in [2.05, 4.69) is 20.6 Å². The molecule has 1 fully saturated rings. The molecule has 1 amide bonds. The quantitative estimate of drug-likeness (QED) is 0.405. The Morgan fingerprint density at radius 1 is 1.18 bits per heavy atom. The molecule has 34 heavy (non-hydrogen) atoms. The summed E-state index contributed by atoms with van der Waals surface area (Å²) >= 11 is 0. The van der Waals surface area contributed by atoms with Crippen molar-refractivity contribution in [2.75, 3.05) is 0 Å². The third-order valence-electron chi connectivity index (χ3n) is 6.46. The van der Waals surface area contributed by atoms with Gasteiger partial charge in [-0.2, -0.15) is 0 Å². The van der Waals surface area contributed by atoms with Gasteiger partial charge in [0.2, 0.25) is 5.91 Å². The molecule has 1 aromatic heterocycles. The number of aliphatic hydroxyl groups excluding tert-OH is 1. The van der Waals surface area contributed by atoms with Gasteiger partial charge in [-0.25, -0.2) is 13.8 Å². The van der Waals surface area contributed by atoms with Gasteiger partial charge in [0.05, 0.1) is 12.0 Å². The molecule has 2 aromatic carbocycles. The predicted molar refractivity (Wildman–Crippen MR) is 125 cm³/mol. The summed E-state index contributed by atoms with van der Waals surface area (Å²) in [5, 5.41) is 17.4. The van der Waals surface area contributed by atoms with Gasteiger partial charge < -0.3 is 20.7 Å². The topological polar surface area (TPSA) is 90.0 Å². The van der Waals surface area contributed by atoms with Gasteiger partial charge >= 0.3 is 0 Å². The second-order valence-electron chi connectivity index (χ2n) is 9.16. The molecule has 0 aliphatic heterocycles. The number of aromatic nitrogens is 2. The Morgan fingerprint density at radius 3 is 2.62 bits per heavy atom. The van der Waals surface area contributed by atoms with E-state index in [4.69, 9.17) is 0 Å². The number of hydrogen-bond donors (Lipinski definition) is 4. The SMILES string of the molecule is CC(C)c1ncc([C@@H]2[C@H](O)[C@@H](C(=O)NCc3ccccc3)C[C@H]2NCc2ccc(F)cc2F)[nH]1. The maximum atomic E-state index is 14.2. The van der Waals surface area contributed by atoms with Gasteiger partial charge in [0.1, 0.15) is 17.5 Å². The second-order valence-corrected chi connectivity index (χ2v) is 9.16. The van der Waals surface area contributed by atoms with Gasteiger partial charge in [-0.1, -0.05) is 50.2 Å². The first-order chi connectivity index (χ1) is 16.3. The standard InChI is InChI=1S/C26H30F2N4O2/c1-15(2)25-30-14-22(32-25)23-21(29-13-17-8-9-18(27)10-20(17)28)11-19(24(23)33)26(34)31-12-16-6-4-3-5-7-16/h3-10,14-15,19,21,23-24,29,33H,11-13H2,1-2H3,(H,30,32)(H,31,34)/t19-,21+,23+,24+/m0/s1. The number of imidazole rings is 1. The summed E-state index contributed by atoms with van der Waals surface area (Å²) < 4.78 is 27.4. The van der Waals surface area contributed by atoms with Gasteiger partial charge in [0.25, 0.3) is 0 Å². The van der Waals surface area contributed by atoms with E-state index < -0.39 is 29.6 Å². The fraction of sp³-hybridized carbons (Fsp3) is 0.385. The van der Waals surface area contributed by atoms with Crippen LogP contribution in [0.3, 0.4) is 0 Å². The molecule has 0 saturated heterocycles. The van der Waals surface area contributed by atoms with Crippen LogP contribution < -0.4 is 10.6 Å². The minimum Gasteiger partial charge on any atom is -0.392 e. The van der Waals surface area contributed by atoms with Crippen LogP contribution in [-0.2, 0) is 17.9 Å². The smallest absolute Gasteiger partial charge is 0.226 e. The van der Waals surface area contributed by atoms with E-state index in [1.165, 1.54) is 12.1 Å². The van der Waals surface area contributed by atoms with Crippen molar-refractivity contribution in [1.82, 2.24) is 20.6 Å². The Bertz CT molecular complexity index is 1120. The fourth-order valence-electron chi connectivity index (χ4n) is 4.56. The number of carbonyl (C=O) groups excluding carboxylic acids is 1. The molecular formula is C26H30F2N4O2. The zero-order valence-electron chi connectivity index (χ0n) is 19.3. The molecule has 180 valence electrons. The number of aliphatic hydroxyl groups is 1. The van der Waals surface area contributed by atoms with Crippen molar-refractivity contribution in [2.24, 2.45) is 5.92 Å². The fourth-order valence-corrected chi connectivity index (χ4v) is 4.56. The number of amides is 1. The van der Waals surface area contributed by atoms with Crippen LogP contribution in [0.4, 0.5) is 8.78 Å². The van der Waals surface area contributed by atoms with Crippen molar-refractivity contribution < 1.29 is 18.7 Å². The highest BCUT2D eigenvalue weighted by Gasteiger charge is 2.47. The minimum absolute atomic E-state index is 0.142. The van der Waals surface area contributed by atoms with Crippen molar-refractivity contribution >= 4 is 5.91 Å². The number of carbonyl (C=O) groups is 1. The highest BCUT2D eigenvalue weighted by atomic mass is 19.1. The number of aromatic amines is 1. The largest absolute Gasteiger partial charge is 0.392 e. The van der Waals surface area contributed by atoms with E-state index in [9.17, 15) is 18.7 Å². The van der Waals surface area contributed by atoms with Crippen molar-refractivity contribution in [3.8, 4) is 0 Å². The van der Waals surface area contributed by atoms with E-state index in [-0.39, 0.29) is 24.4 Å². The van der Waals surface area contributed by atoms with Crippen LogP contribution in [0.15, 0.2) is 54.7 Å². The van der Waals surface area contributed by atoms with Crippen LogP contribution >= 0.6 is 0 Å². The first kappa shape index (κ1) is 24.0. The Morgan fingerprint density at radius 2 is 1.94 bits per heavy atom. The van der Waals surface area contributed by atoms with E-state index in [1.807, 2.05) is 44.2 Å². The summed E-state index contributed by atoms with van der Waals surface area (Å²) in [6.07, 6.45) is 1.11. The molecule has 0 bridgehead atoms. The number of H-pyrrole nitrogens is 1. The molecule has 0 spiro atoms. The Labute approximate surface area is 197 Å². The van der Waals surface area contributed by atoms with Gasteiger partial charge in [-0.05, 0) is 18.1 Å². The molecule has 0 unspecified atom stereocenters. The number of nitrogens with zero attached hydrogens (tertiary/aromatic N) is 1. The third kappa shape index (κ3) is 5.34. The van der Waals surface area contributed by atoms with Crippen molar-refractivity contribution in [3.63, 3.8) is 0 Å². The lowest BCUT2D eigenvalue weighted by atomic mass is 9.96. The lowest BCUT2D eigenvalue weighted by molar-refractivity contribution is -0.127. The predicted octanol–water partition coefficient (Wildman–Crippen LogP) is 3.75. The number of nitrogens with one attached hydrogen (secondary N) is 3. The zero-order chi connectivity index (χ0) is 24.2. The van der Waals surface area contributed by atoms with E-state index in [1.54, 1.807) is 6.20 Å². The van der Waals surface area contributed by atoms with Gasteiger partial charge in [0, 0.05) is 54.5 Å². The summed E-state index contributed by atoms with van der Waals surface area (Å²) in [6, 6.07) is 12.7. The van der Waals surface area contributed by atoms with Gasteiger partial charge in [0.15, 0.2) is 0 Å². The van der Waals surface area contributed by atoms with Crippen LogP contribution in [0.25, 0.3) is 0 Å². The van der Waals surface area contributed by atoms with Crippen LogP contribution in [0, 0.1) is 17.6 Å².